The van der Waals surface area contributed by atoms with Crippen molar-refractivity contribution in [3.8, 4) is 11.8 Å². The third-order valence-electron chi connectivity index (χ3n) is 3.16. The summed E-state index contributed by atoms with van der Waals surface area (Å²) in [6.07, 6.45) is -1.05. The second-order valence-corrected chi connectivity index (χ2v) is 7.15. The van der Waals surface area contributed by atoms with Crippen LogP contribution in [0.15, 0.2) is 47.4 Å². The predicted molar refractivity (Wildman–Crippen MR) is 91.1 cm³/mol. The van der Waals surface area contributed by atoms with E-state index >= 15 is 0 Å². The molecule has 7 nitrogen and oxygen atoms in total. The molecular weight excluding hydrogens is 385 g/mol. The van der Waals surface area contributed by atoms with E-state index in [0.29, 0.717) is 11.3 Å². The van der Waals surface area contributed by atoms with Gasteiger partial charge in [-0.2, -0.15) is 5.26 Å². The Labute approximate surface area is 154 Å². The molecule has 1 atom stereocenters. The highest BCUT2D eigenvalue weighted by Gasteiger charge is 2.22. The van der Waals surface area contributed by atoms with Crippen LogP contribution in [-0.2, 0) is 14.8 Å². The van der Waals surface area contributed by atoms with Crippen LogP contribution in [-0.4, -0.2) is 20.4 Å². The van der Waals surface area contributed by atoms with Gasteiger partial charge in [0, 0.05) is 5.02 Å². The van der Waals surface area contributed by atoms with E-state index in [4.69, 9.17) is 21.6 Å². The second-order valence-electron chi connectivity index (χ2n) is 5.07. The third-order valence-corrected chi connectivity index (χ3v) is 4.67. The molecule has 2 rings (SSSR count). The van der Waals surface area contributed by atoms with Gasteiger partial charge >= 0.3 is 0 Å². The molecule has 0 radical (unpaired) electrons. The molecule has 0 heterocycles. The second kappa shape index (κ2) is 8.14. The summed E-state index contributed by atoms with van der Waals surface area (Å²) in [5, 5.41) is 8.76. The van der Waals surface area contributed by atoms with E-state index in [1.54, 1.807) is 4.83 Å². The lowest BCUT2D eigenvalue weighted by Gasteiger charge is -2.15. The first-order valence-corrected chi connectivity index (χ1v) is 9.02. The maximum absolute atomic E-state index is 13.7. The summed E-state index contributed by atoms with van der Waals surface area (Å²) in [5.74, 6) is -1.54. The highest BCUT2D eigenvalue weighted by molar-refractivity contribution is 7.89. The van der Waals surface area contributed by atoms with Gasteiger partial charge in [0.2, 0.25) is 0 Å². The molecule has 0 aliphatic heterocycles. The summed E-state index contributed by atoms with van der Waals surface area (Å²) in [6, 6.07) is 11.0. The molecule has 0 aliphatic rings. The van der Waals surface area contributed by atoms with Gasteiger partial charge in [-0.05, 0) is 49.4 Å². The predicted octanol–water partition coefficient (Wildman–Crippen LogP) is 2.13. The van der Waals surface area contributed by atoms with Crippen molar-refractivity contribution < 1.29 is 22.3 Å². The highest BCUT2D eigenvalue weighted by atomic mass is 35.5. The zero-order valence-corrected chi connectivity index (χ0v) is 14.9. The van der Waals surface area contributed by atoms with E-state index in [2.05, 4.69) is 0 Å². The Balaban J connectivity index is 1.99. The van der Waals surface area contributed by atoms with Crippen molar-refractivity contribution in [1.82, 2.24) is 10.3 Å². The Morgan fingerprint density at radius 2 is 1.92 bits per heavy atom. The first-order valence-electron chi connectivity index (χ1n) is 7.16. The van der Waals surface area contributed by atoms with E-state index in [1.807, 2.05) is 11.5 Å². The van der Waals surface area contributed by atoms with Gasteiger partial charge in [-0.1, -0.05) is 11.6 Å². The van der Waals surface area contributed by atoms with Crippen molar-refractivity contribution in [2.45, 2.75) is 17.9 Å². The third kappa shape index (κ3) is 4.92. The number of nitriles is 1. The largest absolute Gasteiger partial charge is 0.481 e. The lowest BCUT2D eigenvalue weighted by atomic mass is 10.2. The molecule has 0 saturated heterocycles. The number of rotatable bonds is 6. The number of ether oxygens (including phenoxy) is 1. The molecule has 0 spiro atoms. The van der Waals surface area contributed by atoms with Gasteiger partial charge in [-0.15, -0.1) is 4.83 Å². The van der Waals surface area contributed by atoms with Gasteiger partial charge in [0.1, 0.15) is 16.5 Å². The van der Waals surface area contributed by atoms with E-state index in [9.17, 15) is 17.6 Å². The molecule has 0 saturated carbocycles. The first kappa shape index (κ1) is 19.7. The number of halogens is 2. The molecule has 0 unspecified atom stereocenters. The van der Waals surface area contributed by atoms with Crippen LogP contribution < -0.4 is 15.0 Å². The Morgan fingerprint density at radius 1 is 1.27 bits per heavy atom. The number of benzene rings is 2. The summed E-state index contributed by atoms with van der Waals surface area (Å²) in [7, 11) is -4.33. The smallest absolute Gasteiger partial charge is 0.275 e. The minimum absolute atomic E-state index is 0.0370. The number of carbonyl (C=O) groups is 1. The van der Waals surface area contributed by atoms with Crippen molar-refractivity contribution in [3.63, 3.8) is 0 Å². The molecule has 10 heteroatoms. The monoisotopic (exact) mass is 397 g/mol. The number of hydrazine groups is 1. The van der Waals surface area contributed by atoms with Crippen LogP contribution in [0.5, 0.6) is 5.75 Å². The van der Waals surface area contributed by atoms with Crippen LogP contribution in [0.1, 0.15) is 12.5 Å². The fraction of sp³-hybridized carbons (Fsp3) is 0.125. The summed E-state index contributed by atoms with van der Waals surface area (Å²) in [4.78, 5) is 13.1. The minimum Gasteiger partial charge on any atom is -0.481 e. The van der Waals surface area contributed by atoms with Gasteiger partial charge in [-0.25, -0.2) is 12.8 Å². The molecule has 0 fully saturated rings. The molecule has 2 aromatic rings. The number of sulfonamides is 1. The van der Waals surface area contributed by atoms with Gasteiger partial charge in [0.05, 0.1) is 11.6 Å². The highest BCUT2D eigenvalue weighted by Crippen LogP contribution is 2.18. The molecule has 2 aromatic carbocycles. The normalized spacial score (nSPS) is 12.1. The van der Waals surface area contributed by atoms with Gasteiger partial charge in [0.25, 0.3) is 15.9 Å². The van der Waals surface area contributed by atoms with Gasteiger partial charge in [0.15, 0.2) is 6.10 Å². The summed E-state index contributed by atoms with van der Waals surface area (Å²) in [6.45, 7) is 1.39. The van der Waals surface area contributed by atoms with Crippen LogP contribution in [0.2, 0.25) is 5.02 Å². The lowest BCUT2D eigenvalue weighted by molar-refractivity contribution is -0.127. The van der Waals surface area contributed by atoms with Crippen LogP contribution in [0.3, 0.4) is 0 Å². The van der Waals surface area contributed by atoms with E-state index in [1.165, 1.54) is 37.3 Å². The molecule has 1 amide bonds. The van der Waals surface area contributed by atoms with Crippen LogP contribution in [0, 0.1) is 17.1 Å². The molecular formula is C16H13ClFN3O4S. The number of hydrogen-bond acceptors (Lipinski definition) is 5. The number of nitrogens with one attached hydrogen (secondary N) is 2. The Morgan fingerprint density at radius 3 is 2.50 bits per heavy atom. The Kier molecular flexibility index (Phi) is 6.15. The minimum atomic E-state index is -4.33. The zero-order valence-electron chi connectivity index (χ0n) is 13.4. The summed E-state index contributed by atoms with van der Waals surface area (Å²) < 4.78 is 43.1. The van der Waals surface area contributed by atoms with Gasteiger partial charge < -0.3 is 4.74 Å². The fourth-order valence-corrected chi connectivity index (χ4v) is 2.90. The number of hydrogen-bond donors (Lipinski definition) is 2. The standard InChI is InChI=1S/C16H13ClFN3O4S/c1-10(25-13-5-2-11(9-19)3-6-13)16(22)20-21-26(23,24)15-7-4-12(17)8-14(15)18/h2-8,10,21H,1H3,(H,20,22)/t10-/m0/s1. The number of carbonyl (C=O) groups excluding carboxylic acids is 1. The summed E-state index contributed by atoms with van der Waals surface area (Å²) in [5.41, 5.74) is 2.38. The van der Waals surface area contributed by atoms with Crippen molar-refractivity contribution in [3.05, 3.63) is 58.9 Å². The molecule has 0 aliphatic carbocycles. The van der Waals surface area contributed by atoms with E-state index < -0.39 is 32.7 Å². The maximum atomic E-state index is 13.7. The van der Waals surface area contributed by atoms with Crippen molar-refractivity contribution in [2.24, 2.45) is 0 Å². The van der Waals surface area contributed by atoms with Crippen molar-refractivity contribution in [2.75, 3.05) is 0 Å². The number of nitrogens with zero attached hydrogens (tertiary/aromatic N) is 1. The van der Waals surface area contributed by atoms with Crippen LogP contribution in [0.4, 0.5) is 4.39 Å². The van der Waals surface area contributed by atoms with Crippen molar-refractivity contribution in [1.29, 1.82) is 5.26 Å². The summed E-state index contributed by atoms with van der Waals surface area (Å²) >= 11 is 5.57. The maximum Gasteiger partial charge on any atom is 0.275 e. The van der Waals surface area contributed by atoms with Crippen molar-refractivity contribution >= 4 is 27.5 Å². The van der Waals surface area contributed by atoms with Gasteiger partial charge in [-0.3, -0.25) is 10.2 Å². The Hall–Kier alpha value is -2.67. The molecule has 26 heavy (non-hydrogen) atoms. The fourth-order valence-electron chi connectivity index (χ4n) is 1.83. The quantitative estimate of drug-likeness (QED) is 0.726. The average molecular weight is 398 g/mol. The lowest BCUT2D eigenvalue weighted by Crippen LogP contribution is -2.47. The van der Waals surface area contributed by atoms with Crippen LogP contribution >= 0.6 is 11.6 Å². The van der Waals surface area contributed by atoms with Crippen LogP contribution in [0.25, 0.3) is 0 Å². The van der Waals surface area contributed by atoms with E-state index in [0.717, 1.165) is 12.1 Å². The molecule has 0 aromatic heterocycles. The SMILES string of the molecule is C[C@H](Oc1ccc(C#N)cc1)C(=O)NNS(=O)(=O)c1ccc(Cl)cc1F. The molecule has 0 bridgehead atoms. The molecule has 2 N–H and O–H groups in total. The zero-order chi connectivity index (χ0) is 19.3. The average Bonchev–Trinajstić information content (AvgIpc) is 2.60. The first-order chi connectivity index (χ1) is 12.2. The Bertz CT molecular complexity index is 958. The van der Waals surface area contributed by atoms with E-state index in [-0.39, 0.29) is 5.02 Å². The molecule has 136 valence electrons. The number of amides is 1. The topological polar surface area (TPSA) is 108 Å².